The monoisotopic (exact) mass is 228 g/mol. The first-order valence-corrected chi connectivity index (χ1v) is 5.67. The van der Waals surface area contributed by atoms with Crippen molar-refractivity contribution in [1.82, 2.24) is 10.2 Å². The van der Waals surface area contributed by atoms with Gasteiger partial charge in [0, 0.05) is 26.1 Å². The Morgan fingerprint density at radius 1 is 1.44 bits per heavy atom. The molecular formula is C11H20N2O3. The molecule has 0 aromatic heterocycles. The minimum Gasteiger partial charge on any atom is -0.469 e. The summed E-state index contributed by atoms with van der Waals surface area (Å²) in [4.78, 5) is 24.1. The third-order valence-electron chi connectivity index (χ3n) is 2.65. The number of methoxy groups -OCH3 is 1. The van der Waals surface area contributed by atoms with Crippen LogP contribution in [-0.2, 0) is 14.3 Å². The van der Waals surface area contributed by atoms with Gasteiger partial charge >= 0.3 is 5.97 Å². The zero-order valence-corrected chi connectivity index (χ0v) is 9.99. The van der Waals surface area contributed by atoms with Crippen LogP contribution in [0.3, 0.4) is 0 Å². The molecule has 0 aliphatic heterocycles. The van der Waals surface area contributed by atoms with Gasteiger partial charge in [-0.3, -0.25) is 9.59 Å². The van der Waals surface area contributed by atoms with E-state index in [1.165, 1.54) is 20.0 Å². The molecule has 0 saturated heterocycles. The summed E-state index contributed by atoms with van der Waals surface area (Å²) in [5.74, 6) is -0.145. The number of nitrogens with zero attached hydrogens (tertiary/aromatic N) is 1. The first kappa shape index (κ1) is 13.0. The smallest absolute Gasteiger partial charge is 0.305 e. The lowest BCUT2D eigenvalue weighted by molar-refractivity contribution is -0.141. The van der Waals surface area contributed by atoms with E-state index in [-0.39, 0.29) is 11.9 Å². The molecule has 0 unspecified atom stereocenters. The zero-order chi connectivity index (χ0) is 12.0. The number of ether oxygens (including phenoxy) is 1. The maximum absolute atomic E-state index is 11.6. The second-order valence-electron chi connectivity index (χ2n) is 4.15. The lowest BCUT2D eigenvalue weighted by Crippen LogP contribution is -2.37. The van der Waals surface area contributed by atoms with E-state index < -0.39 is 0 Å². The number of amides is 1. The Bertz CT molecular complexity index is 252. The predicted molar refractivity (Wildman–Crippen MR) is 59.9 cm³/mol. The maximum Gasteiger partial charge on any atom is 0.305 e. The number of hydrogen-bond acceptors (Lipinski definition) is 4. The van der Waals surface area contributed by atoms with Crippen molar-refractivity contribution in [2.45, 2.75) is 31.7 Å². The first-order valence-electron chi connectivity index (χ1n) is 5.67. The third-order valence-corrected chi connectivity index (χ3v) is 2.65. The molecule has 1 amide bonds. The van der Waals surface area contributed by atoms with Crippen LogP contribution >= 0.6 is 0 Å². The molecule has 0 bridgehead atoms. The van der Waals surface area contributed by atoms with Crippen molar-refractivity contribution < 1.29 is 14.3 Å². The molecule has 16 heavy (non-hydrogen) atoms. The van der Waals surface area contributed by atoms with Crippen LogP contribution in [0, 0.1) is 0 Å². The fourth-order valence-electron chi connectivity index (χ4n) is 1.34. The molecule has 0 heterocycles. The second kappa shape index (κ2) is 6.48. The number of nitrogens with one attached hydrogen (secondary N) is 1. The molecule has 1 rings (SSSR count). The fourth-order valence-corrected chi connectivity index (χ4v) is 1.34. The van der Waals surface area contributed by atoms with Crippen molar-refractivity contribution in [3.63, 3.8) is 0 Å². The van der Waals surface area contributed by atoms with Crippen LogP contribution in [0.1, 0.15) is 25.7 Å². The Balaban J connectivity index is 2.05. The van der Waals surface area contributed by atoms with Gasteiger partial charge in [-0.25, -0.2) is 0 Å². The van der Waals surface area contributed by atoms with Gasteiger partial charge in [-0.1, -0.05) is 0 Å². The molecule has 1 fully saturated rings. The summed E-state index contributed by atoms with van der Waals surface area (Å²) < 4.78 is 4.52. The molecule has 1 aliphatic rings. The number of carbonyl (C=O) groups excluding carboxylic acids is 2. The molecule has 0 atom stereocenters. The molecule has 0 radical (unpaired) electrons. The maximum atomic E-state index is 11.6. The minimum absolute atomic E-state index is 0.0803. The van der Waals surface area contributed by atoms with Crippen molar-refractivity contribution in [3.8, 4) is 0 Å². The van der Waals surface area contributed by atoms with Crippen LogP contribution in [0.25, 0.3) is 0 Å². The van der Waals surface area contributed by atoms with Crippen molar-refractivity contribution in [2.75, 3.05) is 27.2 Å². The standard InChI is InChI=1S/C11H20N2O3/c1-13(7-3-4-11(15)16-2)10(14)8-12-9-5-6-9/h9,12H,3-8H2,1-2H3. The van der Waals surface area contributed by atoms with Crippen LogP contribution in [-0.4, -0.2) is 50.1 Å². The molecule has 1 aliphatic carbocycles. The van der Waals surface area contributed by atoms with E-state index in [9.17, 15) is 9.59 Å². The van der Waals surface area contributed by atoms with E-state index in [4.69, 9.17) is 0 Å². The Morgan fingerprint density at radius 3 is 2.69 bits per heavy atom. The second-order valence-corrected chi connectivity index (χ2v) is 4.15. The van der Waals surface area contributed by atoms with Gasteiger partial charge < -0.3 is 15.0 Å². The van der Waals surface area contributed by atoms with E-state index in [0.29, 0.717) is 32.0 Å². The van der Waals surface area contributed by atoms with Crippen LogP contribution in [0.4, 0.5) is 0 Å². The lowest BCUT2D eigenvalue weighted by atomic mass is 10.3. The quantitative estimate of drug-likeness (QED) is 0.630. The molecule has 1 N–H and O–H groups in total. The topological polar surface area (TPSA) is 58.6 Å². The summed E-state index contributed by atoms with van der Waals surface area (Å²) in [6.45, 7) is 1.000. The molecule has 5 heteroatoms. The van der Waals surface area contributed by atoms with Gasteiger partial charge in [-0.2, -0.15) is 0 Å². The van der Waals surface area contributed by atoms with Gasteiger partial charge in [0.25, 0.3) is 0 Å². The van der Waals surface area contributed by atoms with Crippen molar-refractivity contribution >= 4 is 11.9 Å². The Labute approximate surface area is 96.1 Å². The van der Waals surface area contributed by atoms with Crippen LogP contribution in [0.5, 0.6) is 0 Å². The van der Waals surface area contributed by atoms with E-state index in [0.717, 1.165) is 0 Å². The van der Waals surface area contributed by atoms with Gasteiger partial charge in [-0.15, -0.1) is 0 Å². The van der Waals surface area contributed by atoms with E-state index in [1.54, 1.807) is 11.9 Å². The van der Waals surface area contributed by atoms with Crippen LogP contribution in [0.2, 0.25) is 0 Å². The number of carbonyl (C=O) groups is 2. The fraction of sp³-hybridized carbons (Fsp3) is 0.818. The Hall–Kier alpha value is -1.10. The molecule has 1 saturated carbocycles. The molecule has 0 aromatic rings. The highest BCUT2D eigenvalue weighted by atomic mass is 16.5. The summed E-state index contributed by atoms with van der Waals surface area (Å²) in [6.07, 6.45) is 3.38. The van der Waals surface area contributed by atoms with Crippen molar-refractivity contribution in [1.29, 1.82) is 0 Å². The van der Waals surface area contributed by atoms with E-state index >= 15 is 0 Å². The van der Waals surface area contributed by atoms with E-state index in [2.05, 4.69) is 10.1 Å². The summed E-state index contributed by atoms with van der Waals surface area (Å²) in [5, 5.41) is 3.16. The van der Waals surface area contributed by atoms with Crippen molar-refractivity contribution in [2.24, 2.45) is 0 Å². The average Bonchev–Trinajstić information content (AvgIpc) is 3.09. The number of rotatable bonds is 7. The minimum atomic E-state index is -0.225. The Morgan fingerprint density at radius 2 is 2.12 bits per heavy atom. The summed E-state index contributed by atoms with van der Waals surface area (Å²) in [6, 6.07) is 0.549. The van der Waals surface area contributed by atoms with Crippen LogP contribution < -0.4 is 5.32 Å². The Kier molecular flexibility index (Phi) is 5.25. The normalized spacial score (nSPS) is 14.6. The molecule has 5 nitrogen and oxygen atoms in total. The SMILES string of the molecule is COC(=O)CCCN(C)C(=O)CNC1CC1. The highest BCUT2D eigenvalue weighted by molar-refractivity contribution is 5.78. The largest absolute Gasteiger partial charge is 0.469 e. The molecule has 92 valence electrons. The number of esters is 1. The molecular weight excluding hydrogens is 208 g/mol. The summed E-state index contributed by atoms with van der Waals surface area (Å²) in [5.41, 5.74) is 0. The third kappa shape index (κ3) is 5.11. The van der Waals surface area contributed by atoms with Gasteiger partial charge in [0.05, 0.1) is 13.7 Å². The summed E-state index contributed by atoms with van der Waals surface area (Å²) in [7, 11) is 3.13. The zero-order valence-electron chi connectivity index (χ0n) is 9.99. The number of likely N-dealkylation sites (N-methyl/N-ethyl adjacent to an activating group) is 1. The van der Waals surface area contributed by atoms with Crippen LogP contribution in [0.15, 0.2) is 0 Å². The van der Waals surface area contributed by atoms with Gasteiger partial charge in [-0.05, 0) is 19.3 Å². The van der Waals surface area contributed by atoms with Gasteiger partial charge in [0.1, 0.15) is 0 Å². The molecule has 0 spiro atoms. The predicted octanol–water partition coefficient (Wildman–Crippen LogP) is 0.150. The van der Waals surface area contributed by atoms with Gasteiger partial charge in [0.2, 0.25) is 5.91 Å². The number of hydrogen-bond donors (Lipinski definition) is 1. The summed E-state index contributed by atoms with van der Waals surface area (Å²) >= 11 is 0. The highest BCUT2D eigenvalue weighted by Gasteiger charge is 2.21. The van der Waals surface area contributed by atoms with Gasteiger partial charge in [0.15, 0.2) is 0 Å². The highest BCUT2D eigenvalue weighted by Crippen LogP contribution is 2.18. The van der Waals surface area contributed by atoms with Crippen molar-refractivity contribution in [3.05, 3.63) is 0 Å². The molecule has 0 aromatic carbocycles. The average molecular weight is 228 g/mol. The lowest BCUT2D eigenvalue weighted by Gasteiger charge is -2.16. The van der Waals surface area contributed by atoms with E-state index in [1.807, 2.05) is 0 Å². The first-order chi connectivity index (χ1) is 7.63.